The van der Waals surface area contributed by atoms with Crippen molar-refractivity contribution in [2.45, 2.75) is 20.0 Å². The first kappa shape index (κ1) is 13.4. The molecule has 1 atom stereocenters. The van der Waals surface area contributed by atoms with E-state index >= 15 is 0 Å². The molecule has 3 heteroatoms. The molecule has 0 aliphatic rings. The van der Waals surface area contributed by atoms with Gasteiger partial charge in [0.15, 0.2) is 0 Å². The second kappa shape index (κ2) is 5.08. The minimum absolute atomic E-state index is 0.570. The normalized spacial score (nSPS) is 12.8. The summed E-state index contributed by atoms with van der Waals surface area (Å²) in [5.74, 6) is 0.570. The number of furan rings is 1. The van der Waals surface area contributed by atoms with Crippen LogP contribution in [0.1, 0.15) is 28.6 Å². The van der Waals surface area contributed by atoms with Crippen LogP contribution in [-0.4, -0.2) is 5.11 Å². The van der Waals surface area contributed by atoms with Gasteiger partial charge in [0, 0.05) is 15.4 Å². The molecular weight excluding hydrogens is 316 g/mol. The topological polar surface area (TPSA) is 33.4 Å². The van der Waals surface area contributed by atoms with Crippen molar-refractivity contribution in [3.05, 3.63) is 69.4 Å². The second-order valence-electron chi connectivity index (χ2n) is 5.02. The van der Waals surface area contributed by atoms with E-state index in [0.29, 0.717) is 5.76 Å². The molecule has 0 bridgehead atoms. The molecular formula is C17H15BrO2. The molecule has 0 radical (unpaired) electrons. The average molecular weight is 331 g/mol. The minimum Gasteiger partial charge on any atom is -0.458 e. The van der Waals surface area contributed by atoms with Crippen molar-refractivity contribution < 1.29 is 9.52 Å². The standard InChI is InChI=1S/C17H15BrO2/c1-10-5-4-8-13(15(10)18)16(19)14-9-12-7-3-6-11(2)17(12)20-14/h3-9,16,19H,1-2H3. The summed E-state index contributed by atoms with van der Waals surface area (Å²) < 4.78 is 6.76. The number of benzene rings is 2. The molecule has 1 heterocycles. The van der Waals surface area contributed by atoms with Gasteiger partial charge in [0.25, 0.3) is 0 Å². The molecule has 1 unspecified atom stereocenters. The lowest BCUT2D eigenvalue weighted by atomic mass is 10.0. The van der Waals surface area contributed by atoms with Crippen LogP contribution in [0.4, 0.5) is 0 Å². The van der Waals surface area contributed by atoms with Gasteiger partial charge in [-0.2, -0.15) is 0 Å². The Morgan fingerprint density at radius 1 is 1.05 bits per heavy atom. The molecule has 0 fully saturated rings. The number of aliphatic hydroxyl groups is 1. The van der Waals surface area contributed by atoms with Crippen molar-refractivity contribution >= 4 is 26.9 Å². The minimum atomic E-state index is -0.768. The van der Waals surface area contributed by atoms with Crippen molar-refractivity contribution in [1.29, 1.82) is 0 Å². The van der Waals surface area contributed by atoms with Crippen LogP contribution in [0.25, 0.3) is 11.0 Å². The molecule has 1 aromatic heterocycles. The van der Waals surface area contributed by atoms with Gasteiger partial charge in [-0.15, -0.1) is 0 Å². The van der Waals surface area contributed by atoms with Crippen LogP contribution in [-0.2, 0) is 0 Å². The molecule has 0 aliphatic heterocycles. The summed E-state index contributed by atoms with van der Waals surface area (Å²) in [5.41, 5.74) is 3.82. The molecule has 0 spiro atoms. The molecule has 0 saturated carbocycles. The fourth-order valence-corrected chi connectivity index (χ4v) is 2.88. The number of hydrogen-bond donors (Lipinski definition) is 1. The number of fused-ring (bicyclic) bond motifs is 1. The zero-order chi connectivity index (χ0) is 14.3. The van der Waals surface area contributed by atoms with Gasteiger partial charge >= 0.3 is 0 Å². The Kier molecular flexibility index (Phi) is 3.40. The SMILES string of the molecule is Cc1cccc(C(O)c2cc3cccc(C)c3o2)c1Br. The highest BCUT2D eigenvalue weighted by molar-refractivity contribution is 9.10. The molecule has 1 N–H and O–H groups in total. The highest BCUT2D eigenvalue weighted by Crippen LogP contribution is 2.34. The number of rotatable bonds is 2. The Morgan fingerprint density at radius 2 is 1.75 bits per heavy atom. The van der Waals surface area contributed by atoms with Gasteiger partial charge in [-0.3, -0.25) is 0 Å². The first-order chi connectivity index (χ1) is 9.58. The second-order valence-corrected chi connectivity index (χ2v) is 5.82. The summed E-state index contributed by atoms with van der Waals surface area (Å²) in [6, 6.07) is 13.7. The summed E-state index contributed by atoms with van der Waals surface area (Å²) >= 11 is 3.53. The van der Waals surface area contributed by atoms with Crippen LogP contribution >= 0.6 is 15.9 Å². The van der Waals surface area contributed by atoms with Gasteiger partial charge in [0.1, 0.15) is 17.4 Å². The quantitative estimate of drug-likeness (QED) is 0.725. The molecule has 3 rings (SSSR count). The van der Waals surface area contributed by atoms with E-state index in [0.717, 1.165) is 32.1 Å². The van der Waals surface area contributed by atoms with Gasteiger partial charge in [-0.05, 0) is 31.0 Å². The maximum Gasteiger partial charge on any atom is 0.138 e. The predicted octanol–water partition coefficient (Wildman–Crippen LogP) is 4.89. The van der Waals surface area contributed by atoms with Crippen molar-refractivity contribution in [2.24, 2.45) is 0 Å². The molecule has 0 saturated heterocycles. The largest absolute Gasteiger partial charge is 0.458 e. The van der Waals surface area contributed by atoms with Crippen molar-refractivity contribution in [3.8, 4) is 0 Å². The Hall–Kier alpha value is -1.58. The molecule has 0 aliphatic carbocycles. The van der Waals surface area contributed by atoms with Gasteiger partial charge in [-0.1, -0.05) is 52.3 Å². The van der Waals surface area contributed by atoms with Crippen molar-refractivity contribution in [2.75, 3.05) is 0 Å². The number of hydrogen-bond acceptors (Lipinski definition) is 2. The predicted molar refractivity (Wildman–Crippen MR) is 83.9 cm³/mol. The summed E-state index contributed by atoms with van der Waals surface area (Å²) in [6.07, 6.45) is -0.768. The van der Waals surface area contributed by atoms with Crippen molar-refractivity contribution in [3.63, 3.8) is 0 Å². The van der Waals surface area contributed by atoms with Gasteiger partial charge < -0.3 is 9.52 Å². The maximum atomic E-state index is 10.6. The lowest BCUT2D eigenvalue weighted by Gasteiger charge is -2.11. The summed E-state index contributed by atoms with van der Waals surface area (Å²) in [6.45, 7) is 4.01. The van der Waals surface area contributed by atoms with E-state index in [9.17, 15) is 5.11 Å². The van der Waals surface area contributed by atoms with E-state index in [4.69, 9.17) is 4.42 Å². The van der Waals surface area contributed by atoms with E-state index in [1.807, 2.05) is 56.3 Å². The smallest absolute Gasteiger partial charge is 0.138 e. The fraction of sp³-hybridized carbons (Fsp3) is 0.176. The van der Waals surface area contributed by atoms with E-state index in [2.05, 4.69) is 15.9 Å². The molecule has 3 aromatic rings. The molecule has 2 aromatic carbocycles. The van der Waals surface area contributed by atoms with Gasteiger partial charge in [0.2, 0.25) is 0 Å². The Balaban J connectivity index is 2.10. The van der Waals surface area contributed by atoms with Crippen LogP contribution in [0.2, 0.25) is 0 Å². The summed E-state index contributed by atoms with van der Waals surface area (Å²) in [4.78, 5) is 0. The van der Waals surface area contributed by atoms with E-state index in [1.165, 1.54) is 0 Å². The fourth-order valence-electron chi connectivity index (χ4n) is 2.40. The van der Waals surface area contributed by atoms with Crippen LogP contribution < -0.4 is 0 Å². The first-order valence-electron chi connectivity index (χ1n) is 6.50. The number of aryl methyl sites for hydroxylation is 2. The Morgan fingerprint density at radius 3 is 2.50 bits per heavy atom. The van der Waals surface area contributed by atoms with E-state index < -0.39 is 6.10 Å². The number of para-hydroxylation sites is 1. The zero-order valence-electron chi connectivity index (χ0n) is 11.4. The van der Waals surface area contributed by atoms with Gasteiger partial charge in [-0.25, -0.2) is 0 Å². The highest BCUT2D eigenvalue weighted by Gasteiger charge is 2.19. The lowest BCUT2D eigenvalue weighted by molar-refractivity contribution is 0.191. The molecule has 2 nitrogen and oxygen atoms in total. The summed E-state index contributed by atoms with van der Waals surface area (Å²) in [7, 11) is 0. The molecule has 0 amide bonds. The average Bonchev–Trinajstić information content (AvgIpc) is 2.87. The third-order valence-corrected chi connectivity index (χ3v) is 4.63. The third kappa shape index (κ3) is 2.17. The first-order valence-corrected chi connectivity index (χ1v) is 7.29. The zero-order valence-corrected chi connectivity index (χ0v) is 12.9. The summed E-state index contributed by atoms with van der Waals surface area (Å²) in [5, 5.41) is 11.6. The Bertz CT molecular complexity index is 774. The lowest BCUT2D eigenvalue weighted by Crippen LogP contribution is -1.99. The van der Waals surface area contributed by atoms with Gasteiger partial charge in [0.05, 0.1) is 0 Å². The van der Waals surface area contributed by atoms with Crippen molar-refractivity contribution in [1.82, 2.24) is 0 Å². The number of aliphatic hydroxyl groups excluding tert-OH is 1. The molecule has 102 valence electrons. The third-order valence-electron chi connectivity index (χ3n) is 3.55. The van der Waals surface area contributed by atoms with Crippen LogP contribution in [0.5, 0.6) is 0 Å². The monoisotopic (exact) mass is 330 g/mol. The highest BCUT2D eigenvalue weighted by atomic mass is 79.9. The van der Waals surface area contributed by atoms with Crippen LogP contribution in [0, 0.1) is 13.8 Å². The van der Waals surface area contributed by atoms with E-state index in [1.54, 1.807) is 0 Å². The number of halogens is 1. The Labute approximate surface area is 126 Å². The van der Waals surface area contributed by atoms with E-state index in [-0.39, 0.29) is 0 Å². The van der Waals surface area contributed by atoms with Crippen LogP contribution in [0.15, 0.2) is 51.4 Å². The van der Waals surface area contributed by atoms with Crippen LogP contribution in [0.3, 0.4) is 0 Å². The molecule has 20 heavy (non-hydrogen) atoms. The maximum absolute atomic E-state index is 10.6.